The Morgan fingerprint density at radius 3 is 2.40 bits per heavy atom. The summed E-state index contributed by atoms with van der Waals surface area (Å²) in [6.07, 6.45) is 5.02. The molecule has 0 N–H and O–H groups in total. The van der Waals surface area contributed by atoms with Crippen molar-refractivity contribution in [1.82, 2.24) is 4.98 Å². The van der Waals surface area contributed by atoms with Crippen LogP contribution in [0.3, 0.4) is 0 Å². The van der Waals surface area contributed by atoms with Crippen LogP contribution in [0.25, 0.3) is 0 Å². The van der Waals surface area contributed by atoms with Crippen LogP contribution in [0.2, 0.25) is 0 Å². The average molecular weight is 291 g/mol. The normalized spacial score (nSPS) is 11.7. The number of hydrogen-bond acceptors (Lipinski definition) is 1. The van der Waals surface area contributed by atoms with Gasteiger partial charge in [0.15, 0.2) is 0 Å². The summed E-state index contributed by atoms with van der Waals surface area (Å²) >= 11 is 9.46. The second kappa shape index (κ2) is 5.86. The molecule has 0 aliphatic heterocycles. The lowest BCUT2D eigenvalue weighted by molar-refractivity contribution is 0.299. The molecule has 1 aromatic rings. The van der Waals surface area contributed by atoms with Crippen LogP contribution in [-0.4, -0.2) is 10.9 Å². The highest BCUT2D eigenvalue weighted by Gasteiger charge is 2.25. The molecule has 3 heteroatoms. The lowest BCUT2D eigenvalue weighted by atomic mass is 9.80. The van der Waals surface area contributed by atoms with Crippen molar-refractivity contribution in [3.05, 3.63) is 28.5 Å². The maximum absolute atomic E-state index is 6.07. The first-order chi connectivity index (χ1) is 7.15. The van der Waals surface area contributed by atoms with Crippen LogP contribution in [0.5, 0.6) is 0 Å². The lowest BCUT2D eigenvalue weighted by Gasteiger charge is -2.28. The van der Waals surface area contributed by atoms with Crippen molar-refractivity contribution >= 4 is 27.5 Å². The lowest BCUT2D eigenvalue weighted by Crippen LogP contribution is -2.24. The Morgan fingerprint density at radius 2 is 2.00 bits per heavy atom. The summed E-state index contributed by atoms with van der Waals surface area (Å²) in [4.78, 5) is 4.40. The van der Waals surface area contributed by atoms with Crippen LogP contribution in [0.1, 0.15) is 32.4 Å². The molecule has 0 aliphatic rings. The molecule has 84 valence electrons. The van der Waals surface area contributed by atoms with Crippen molar-refractivity contribution in [2.24, 2.45) is 5.41 Å². The summed E-state index contributed by atoms with van der Waals surface area (Å²) in [5.41, 5.74) is 1.34. The number of aromatic nitrogens is 1. The number of nitrogens with zero attached hydrogens (tertiary/aromatic N) is 1. The van der Waals surface area contributed by atoms with Gasteiger partial charge in [-0.15, -0.1) is 11.6 Å². The van der Waals surface area contributed by atoms with E-state index in [0.717, 1.165) is 29.4 Å². The van der Waals surface area contributed by atoms with E-state index in [4.69, 9.17) is 11.6 Å². The van der Waals surface area contributed by atoms with E-state index in [9.17, 15) is 0 Å². The minimum atomic E-state index is 0.211. The van der Waals surface area contributed by atoms with Gasteiger partial charge in [-0.3, -0.25) is 4.98 Å². The summed E-state index contributed by atoms with van der Waals surface area (Å²) in [6, 6.07) is 4.10. The number of hydrogen-bond donors (Lipinski definition) is 0. The second-order valence-electron chi connectivity index (χ2n) is 3.99. The van der Waals surface area contributed by atoms with E-state index in [-0.39, 0.29) is 5.41 Å². The highest BCUT2D eigenvalue weighted by atomic mass is 79.9. The van der Waals surface area contributed by atoms with Gasteiger partial charge in [0.25, 0.3) is 0 Å². The molecule has 1 rings (SSSR count). The third-order valence-corrected chi connectivity index (χ3v) is 4.16. The summed E-state index contributed by atoms with van der Waals surface area (Å²) < 4.78 is 1.02. The van der Waals surface area contributed by atoms with E-state index in [2.05, 4.69) is 40.8 Å². The highest BCUT2D eigenvalue weighted by Crippen LogP contribution is 2.31. The third-order valence-electron chi connectivity index (χ3n) is 3.13. The van der Waals surface area contributed by atoms with Crippen LogP contribution in [-0.2, 0) is 6.42 Å². The first kappa shape index (κ1) is 13.0. The summed E-state index contributed by atoms with van der Waals surface area (Å²) in [5.74, 6) is 0.706. The highest BCUT2D eigenvalue weighted by molar-refractivity contribution is 9.10. The molecule has 1 heterocycles. The molecule has 0 unspecified atom stereocenters. The van der Waals surface area contributed by atoms with Crippen molar-refractivity contribution in [1.29, 1.82) is 0 Å². The number of halogens is 2. The first-order valence-electron chi connectivity index (χ1n) is 5.32. The van der Waals surface area contributed by atoms with Crippen LogP contribution in [0.15, 0.2) is 22.8 Å². The SMILES string of the molecule is CCC(CC)(CCl)Cc1ccc(Br)cn1. The Balaban J connectivity index is 2.78. The maximum Gasteiger partial charge on any atom is 0.0413 e. The van der Waals surface area contributed by atoms with Crippen molar-refractivity contribution < 1.29 is 0 Å². The van der Waals surface area contributed by atoms with E-state index in [1.165, 1.54) is 0 Å². The molecule has 15 heavy (non-hydrogen) atoms. The topological polar surface area (TPSA) is 12.9 Å². The van der Waals surface area contributed by atoms with Crippen LogP contribution >= 0.6 is 27.5 Å². The van der Waals surface area contributed by atoms with Gasteiger partial charge in [0.2, 0.25) is 0 Å². The molecule has 0 aromatic carbocycles. The molecule has 1 aromatic heterocycles. The fourth-order valence-electron chi connectivity index (χ4n) is 1.63. The van der Waals surface area contributed by atoms with Crippen molar-refractivity contribution in [3.8, 4) is 0 Å². The summed E-state index contributed by atoms with van der Waals surface area (Å²) in [7, 11) is 0. The minimum absolute atomic E-state index is 0.211. The standard InChI is InChI=1S/C12H17BrClN/c1-3-12(4-2,9-14)7-11-6-5-10(13)8-15-11/h5-6,8H,3-4,7,9H2,1-2H3. The van der Waals surface area contributed by atoms with Gasteiger partial charge < -0.3 is 0 Å². The zero-order valence-corrected chi connectivity index (χ0v) is 11.6. The molecular formula is C12H17BrClN. The first-order valence-corrected chi connectivity index (χ1v) is 6.65. The summed E-state index contributed by atoms with van der Waals surface area (Å²) in [5, 5.41) is 0. The molecule has 0 saturated heterocycles. The smallest absolute Gasteiger partial charge is 0.0413 e. The predicted molar refractivity (Wildman–Crippen MR) is 69.4 cm³/mol. The maximum atomic E-state index is 6.07. The van der Waals surface area contributed by atoms with Gasteiger partial charge in [0.1, 0.15) is 0 Å². The van der Waals surface area contributed by atoms with E-state index in [1.807, 2.05) is 12.3 Å². The van der Waals surface area contributed by atoms with Crippen LogP contribution in [0.4, 0.5) is 0 Å². The molecule has 0 radical (unpaired) electrons. The van der Waals surface area contributed by atoms with Crippen molar-refractivity contribution in [3.63, 3.8) is 0 Å². The Morgan fingerprint density at radius 1 is 1.33 bits per heavy atom. The van der Waals surface area contributed by atoms with Gasteiger partial charge in [0.05, 0.1) is 0 Å². The number of rotatable bonds is 5. The van der Waals surface area contributed by atoms with Crippen LogP contribution < -0.4 is 0 Å². The van der Waals surface area contributed by atoms with E-state index in [1.54, 1.807) is 0 Å². The molecule has 1 nitrogen and oxygen atoms in total. The second-order valence-corrected chi connectivity index (χ2v) is 5.17. The van der Waals surface area contributed by atoms with E-state index < -0.39 is 0 Å². The fraction of sp³-hybridized carbons (Fsp3) is 0.583. The zero-order chi connectivity index (χ0) is 11.3. The van der Waals surface area contributed by atoms with Gasteiger partial charge in [-0.25, -0.2) is 0 Å². The monoisotopic (exact) mass is 289 g/mol. The number of pyridine rings is 1. The molecule has 0 bridgehead atoms. The van der Waals surface area contributed by atoms with Gasteiger partial charge >= 0.3 is 0 Å². The fourth-order valence-corrected chi connectivity index (χ4v) is 2.34. The predicted octanol–water partition coefficient (Wildman–Crippen LogP) is 4.43. The molecular weight excluding hydrogens is 273 g/mol. The third kappa shape index (κ3) is 3.46. The van der Waals surface area contributed by atoms with E-state index in [0.29, 0.717) is 5.88 Å². The van der Waals surface area contributed by atoms with Gasteiger partial charge in [-0.1, -0.05) is 13.8 Å². The van der Waals surface area contributed by atoms with Gasteiger partial charge in [0, 0.05) is 22.2 Å². The van der Waals surface area contributed by atoms with Gasteiger partial charge in [-0.05, 0) is 52.7 Å². The van der Waals surface area contributed by atoms with Gasteiger partial charge in [-0.2, -0.15) is 0 Å². The molecule has 0 aliphatic carbocycles. The molecule has 0 spiro atoms. The Hall–Kier alpha value is -0.0800. The Bertz CT molecular complexity index is 285. The largest absolute Gasteiger partial charge is 0.260 e. The zero-order valence-electron chi connectivity index (χ0n) is 9.26. The minimum Gasteiger partial charge on any atom is -0.260 e. The number of alkyl halides is 1. The van der Waals surface area contributed by atoms with E-state index >= 15 is 0 Å². The molecule has 0 saturated carbocycles. The quantitative estimate of drug-likeness (QED) is 0.731. The summed E-state index contributed by atoms with van der Waals surface area (Å²) in [6.45, 7) is 4.40. The molecule has 0 amide bonds. The van der Waals surface area contributed by atoms with Crippen molar-refractivity contribution in [2.45, 2.75) is 33.1 Å². The van der Waals surface area contributed by atoms with Crippen molar-refractivity contribution in [2.75, 3.05) is 5.88 Å². The molecule has 0 atom stereocenters. The Kier molecular flexibility index (Phi) is 5.07. The molecule has 0 fully saturated rings. The van der Waals surface area contributed by atoms with Crippen LogP contribution in [0, 0.1) is 5.41 Å². The average Bonchev–Trinajstić information content (AvgIpc) is 2.29. The Labute approximate surface area is 105 Å².